The van der Waals surface area contributed by atoms with Crippen molar-refractivity contribution >= 4 is 5.69 Å². The van der Waals surface area contributed by atoms with Gasteiger partial charge in [0.1, 0.15) is 6.04 Å². The molecule has 0 bridgehead atoms. The van der Waals surface area contributed by atoms with Crippen LogP contribution in [0.1, 0.15) is 19.9 Å². The first kappa shape index (κ1) is 10.3. The lowest BCUT2D eigenvalue weighted by Crippen LogP contribution is -2.24. The molecule has 0 aromatic carbocycles. The van der Waals surface area contributed by atoms with Crippen LogP contribution in [0, 0.1) is 11.3 Å². The summed E-state index contributed by atoms with van der Waals surface area (Å²) in [5.74, 6) is 0. The molecule has 14 heavy (non-hydrogen) atoms. The van der Waals surface area contributed by atoms with Gasteiger partial charge in [-0.05, 0) is 13.8 Å². The third-order valence-electron chi connectivity index (χ3n) is 1.76. The molecule has 1 aromatic rings. The number of nitrogens with one attached hydrogen (secondary N) is 1. The molecule has 1 unspecified atom stereocenters. The third kappa shape index (κ3) is 2.10. The summed E-state index contributed by atoms with van der Waals surface area (Å²) in [4.78, 5) is 11.4. The van der Waals surface area contributed by atoms with Gasteiger partial charge in [-0.3, -0.25) is 4.79 Å². The average Bonchev–Trinajstić information content (AvgIpc) is 2.17. The molecule has 0 amide bonds. The summed E-state index contributed by atoms with van der Waals surface area (Å²) in [6.07, 6.45) is 1.54. The summed E-state index contributed by atoms with van der Waals surface area (Å²) in [6.45, 7) is 4.30. The van der Waals surface area contributed by atoms with E-state index in [2.05, 4.69) is 10.4 Å². The lowest BCUT2D eigenvalue weighted by molar-refractivity contribution is 0.555. The van der Waals surface area contributed by atoms with Crippen LogP contribution < -0.4 is 10.9 Å². The second kappa shape index (κ2) is 4.42. The zero-order chi connectivity index (χ0) is 10.6. The summed E-state index contributed by atoms with van der Waals surface area (Å²) in [7, 11) is 0. The lowest BCUT2D eigenvalue weighted by atomic mass is 10.4. The van der Waals surface area contributed by atoms with Crippen molar-refractivity contribution in [3.63, 3.8) is 0 Å². The molecule has 74 valence electrons. The van der Waals surface area contributed by atoms with Crippen molar-refractivity contribution in [3.05, 3.63) is 22.6 Å². The highest BCUT2D eigenvalue weighted by molar-refractivity contribution is 5.38. The predicted molar refractivity (Wildman–Crippen MR) is 53.0 cm³/mol. The number of nitrogens with zero attached hydrogens (tertiary/aromatic N) is 3. The number of hydrogen-bond acceptors (Lipinski definition) is 4. The molecule has 0 fully saturated rings. The highest BCUT2D eigenvalue weighted by atomic mass is 16.1. The van der Waals surface area contributed by atoms with Crippen LogP contribution in [0.25, 0.3) is 0 Å². The van der Waals surface area contributed by atoms with Crippen molar-refractivity contribution < 1.29 is 0 Å². The van der Waals surface area contributed by atoms with E-state index in [4.69, 9.17) is 5.26 Å². The molecule has 0 saturated carbocycles. The van der Waals surface area contributed by atoms with Gasteiger partial charge in [0.15, 0.2) is 0 Å². The molecule has 5 nitrogen and oxygen atoms in total. The van der Waals surface area contributed by atoms with Gasteiger partial charge in [0.05, 0.1) is 18.0 Å². The Labute approximate surface area is 82.0 Å². The minimum Gasteiger partial charge on any atom is -0.384 e. The van der Waals surface area contributed by atoms with E-state index in [1.165, 1.54) is 6.07 Å². The second-order valence-corrected chi connectivity index (χ2v) is 2.86. The zero-order valence-electron chi connectivity index (χ0n) is 8.19. The Hall–Kier alpha value is -1.83. The van der Waals surface area contributed by atoms with Gasteiger partial charge in [-0.25, -0.2) is 4.68 Å². The van der Waals surface area contributed by atoms with Crippen LogP contribution in [0.2, 0.25) is 0 Å². The van der Waals surface area contributed by atoms with E-state index in [0.29, 0.717) is 5.69 Å². The van der Waals surface area contributed by atoms with Crippen molar-refractivity contribution in [3.8, 4) is 6.07 Å². The summed E-state index contributed by atoms with van der Waals surface area (Å²) in [6, 6.07) is 2.86. The van der Waals surface area contributed by atoms with Crippen molar-refractivity contribution in [2.75, 3.05) is 11.9 Å². The molecule has 0 saturated heterocycles. The quantitative estimate of drug-likeness (QED) is 0.767. The maximum atomic E-state index is 11.4. The standard InChI is InChI=1S/C9H12N4O/c1-3-11-8-4-9(14)13(12-6-8)7(2)5-10/h4,6-7,11H,3H2,1-2H3. The number of hydrogen-bond donors (Lipinski definition) is 1. The predicted octanol–water partition coefficient (Wildman–Crippen LogP) is 0.760. The lowest BCUT2D eigenvalue weighted by Gasteiger charge is -2.07. The summed E-state index contributed by atoms with van der Waals surface area (Å²) < 4.78 is 1.15. The molecule has 5 heteroatoms. The average molecular weight is 192 g/mol. The molecule has 1 aromatic heterocycles. The van der Waals surface area contributed by atoms with Gasteiger partial charge < -0.3 is 5.32 Å². The van der Waals surface area contributed by atoms with Crippen molar-refractivity contribution in [2.45, 2.75) is 19.9 Å². The fraction of sp³-hybridized carbons (Fsp3) is 0.444. The van der Waals surface area contributed by atoms with Crippen LogP contribution in [0.4, 0.5) is 5.69 Å². The SMILES string of the molecule is CCNc1cnn(C(C)C#N)c(=O)c1. The van der Waals surface area contributed by atoms with Gasteiger partial charge in [0.25, 0.3) is 5.56 Å². The molecule has 1 N–H and O–H groups in total. The maximum Gasteiger partial charge on any atom is 0.270 e. The van der Waals surface area contributed by atoms with Crippen LogP contribution in [0.15, 0.2) is 17.1 Å². The number of nitriles is 1. The molecule has 0 aliphatic carbocycles. The van der Waals surface area contributed by atoms with Crippen molar-refractivity contribution in [1.29, 1.82) is 5.26 Å². The number of aromatic nitrogens is 2. The van der Waals surface area contributed by atoms with Crippen molar-refractivity contribution in [1.82, 2.24) is 9.78 Å². The Morgan fingerprint density at radius 3 is 3.00 bits per heavy atom. The first-order valence-electron chi connectivity index (χ1n) is 4.41. The van der Waals surface area contributed by atoms with Crippen LogP contribution in [0.5, 0.6) is 0 Å². The van der Waals surface area contributed by atoms with Crippen LogP contribution in [-0.4, -0.2) is 16.3 Å². The minimum atomic E-state index is -0.529. The van der Waals surface area contributed by atoms with Gasteiger partial charge in [0, 0.05) is 12.6 Å². The molecule has 0 radical (unpaired) electrons. The van der Waals surface area contributed by atoms with E-state index in [9.17, 15) is 4.79 Å². The first-order chi connectivity index (χ1) is 6.69. The van der Waals surface area contributed by atoms with Gasteiger partial charge in [-0.15, -0.1) is 0 Å². The van der Waals surface area contributed by atoms with Crippen LogP contribution in [-0.2, 0) is 0 Å². The first-order valence-corrected chi connectivity index (χ1v) is 4.41. The van der Waals surface area contributed by atoms with E-state index < -0.39 is 6.04 Å². The van der Waals surface area contributed by atoms with E-state index in [0.717, 1.165) is 11.2 Å². The third-order valence-corrected chi connectivity index (χ3v) is 1.76. The molecule has 1 atom stereocenters. The topological polar surface area (TPSA) is 70.7 Å². The summed E-state index contributed by atoms with van der Waals surface area (Å²) in [5.41, 5.74) is 0.413. The van der Waals surface area contributed by atoms with Gasteiger partial charge in [0.2, 0.25) is 0 Å². The molecule has 1 rings (SSSR count). The Bertz CT molecular complexity index is 404. The highest BCUT2D eigenvalue weighted by Crippen LogP contribution is 2.01. The number of rotatable bonds is 3. The van der Waals surface area contributed by atoms with Crippen LogP contribution in [0.3, 0.4) is 0 Å². The van der Waals surface area contributed by atoms with E-state index in [1.54, 1.807) is 13.1 Å². The zero-order valence-corrected chi connectivity index (χ0v) is 8.19. The fourth-order valence-corrected chi connectivity index (χ4v) is 1.06. The number of anilines is 1. The normalized spacial score (nSPS) is 11.8. The molecule has 0 aliphatic heterocycles. The Balaban J connectivity index is 3.03. The van der Waals surface area contributed by atoms with Crippen molar-refractivity contribution in [2.24, 2.45) is 0 Å². The molecule has 0 spiro atoms. The maximum absolute atomic E-state index is 11.4. The van der Waals surface area contributed by atoms with Gasteiger partial charge in [-0.2, -0.15) is 10.4 Å². The smallest absolute Gasteiger partial charge is 0.270 e. The minimum absolute atomic E-state index is 0.266. The Kier molecular flexibility index (Phi) is 3.24. The largest absolute Gasteiger partial charge is 0.384 e. The second-order valence-electron chi connectivity index (χ2n) is 2.86. The summed E-state index contributed by atoms with van der Waals surface area (Å²) in [5, 5.41) is 15.5. The van der Waals surface area contributed by atoms with Gasteiger partial charge >= 0.3 is 0 Å². The van der Waals surface area contributed by atoms with E-state index in [-0.39, 0.29) is 5.56 Å². The van der Waals surface area contributed by atoms with E-state index in [1.807, 2.05) is 13.0 Å². The van der Waals surface area contributed by atoms with E-state index >= 15 is 0 Å². The molecular weight excluding hydrogens is 180 g/mol. The monoisotopic (exact) mass is 192 g/mol. The Morgan fingerprint density at radius 2 is 2.50 bits per heavy atom. The molecule has 0 aliphatic rings. The van der Waals surface area contributed by atoms with Crippen LogP contribution >= 0.6 is 0 Å². The molecule has 1 heterocycles. The highest BCUT2D eigenvalue weighted by Gasteiger charge is 2.05. The fourth-order valence-electron chi connectivity index (χ4n) is 1.06. The Morgan fingerprint density at radius 1 is 1.79 bits per heavy atom. The molecular formula is C9H12N4O. The van der Waals surface area contributed by atoms with Gasteiger partial charge in [-0.1, -0.05) is 0 Å². The summed E-state index contributed by atoms with van der Waals surface area (Å²) >= 11 is 0.